The molecule has 78 valence electrons. The van der Waals surface area contributed by atoms with Crippen LogP contribution in [0.3, 0.4) is 0 Å². The average Bonchev–Trinajstić information content (AvgIpc) is 2.00. The van der Waals surface area contributed by atoms with Crippen molar-refractivity contribution < 1.29 is 26.7 Å². The molecule has 6 heteroatoms. The van der Waals surface area contributed by atoms with Crippen molar-refractivity contribution in [3.63, 3.8) is 0 Å². The van der Waals surface area contributed by atoms with Gasteiger partial charge in [0.25, 0.3) is 0 Å². The van der Waals surface area contributed by atoms with Gasteiger partial charge < -0.3 is 4.74 Å². The molecule has 0 aromatic carbocycles. The molecule has 1 unspecified atom stereocenters. The molecular formula is C7H9F5O. The molecule has 0 rings (SSSR count). The Hall–Kier alpha value is -0.650. The van der Waals surface area contributed by atoms with E-state index in [1.165, 1.54) is 6.92 Å². The minimum Gasteiger partial charge on any atom is -0.372 e. The number of ether oxygens (including phenoxy) is 1. The molecule has 0 saturated heterocycles. The monoisotopic (exact) mass is 204 g/mol. The van der Waals surface area contributed by atoms with E-state index in [0.717, 1.165) is 6.92 Å². The lowest BCUT2D eigenvalue weighted by Gasteiger charge is -2.11. The van der Waals surface area contributed by atoms with Gasteiger partial charge in [0.05, 0.1) is 0 Å². The SMILES string of the molecule is CCOC(C)C(F)=C(F)C(F)(F)F. The van der Waals surface area contributed by atoms with Crippen molar-refractivity contribution in [2.45, 2.75) is 26.1 Å². The van der Waals surface area contributed by atoms with Crippen molar-refractivity contribution in [2.75, 3.05) is 6.61 Å². The van der Waals surface area contributed by atoms with E-state index in [-0.39, 0.29) is 6.61 Å². The molecule has 0 aromatic rings. The Bertz CT molecular complexity index is 196. The smallest absolute Gasteiger partial charge is 0.372 e. The Balaban J connectivity index is 4.61. The Morgan fingerprint density at radius 2 is 1.77 bits per heavy atom. The van der Waals surface area contributed by atoms with E-state index in [2.05, 4.69) is 4.74 Å². The fraction of sp³-hybridized carbons (Fsp3) is 0.714. The first kappa shape index (κ1) is 12.3. The van der Waals surface area contributed by atoms with E-state index in [9.17, 15) is 22.0 Å². The maximum Gasteiger partial charge on any atom is 0.445 e. The third kappa shape index (κ3) is 3.71. The zero-order valence-electron chi connectivity index (χ0n) is 7.08. The second kappa shape index (κ2) is 4.55. The molecule has 13 heavy (non-hydrogen) atoms. The van der Waals surface area contributed by atoms with Crippen LogP contribution in [-0.2, 0) is 4.74 Å². The summed E-state index contributed by atoms with van der Waals surface area (Å²) in [6.45, 7) is 2.49. The van der Waals surface area contributed by atoms with Gasteiger partial charge in [-0.05, 0) is 13.8 Å². The van der Waals surface area contributed by atoms with Crippen LogP contribution in [0.5, 0.6) is 0 Å². The van der Waals surface area contributed by atoms with Crippen LogP contribution in [-0.4, -0.2) is 18.9 Å². The normalized spacial score (nSPS) is 16.8. The fourth-order valence-corrected chi connectivity index (χ4v) is 0.637. The van der Waals surface area contributed by atoms with Gasteiger partial charge in [-0.3, -0.25) is 0 Å². The lowest BCUT2D eigenvalue weighted by atomic mass is 10.3. The molecule has 0 fully saturated rings. The number of hydrogen-bond acceptors (Lipinski definition) is 1. The molecule has 0 spiro atoms. The van der Waals surface area contributed by atoms with Crippen LogP contribution in [0.2, 0.25) is 0 Å². The van der Waals surface area contributed by atoms with E-state index in [1.54, 1.807) is 0 Å². The molecule has 0 aliphatic carbocycles. The first-order chi connectivity index (χ1) is 5.80. The minimum absolute atomic E-state index is 0.0136. The van der Waals surface area contributed by atoms with Gasteiger partial charge in [-0.2, -0.15) is 17.6 Å². The van der Waals surface area contributed by atoms with E-state index in [1.807, 2.05) is 0 Å². The highest BCUT2D eigenvalue weighted by molar-refractivity contribution is 5.09. The third-order valence-corrected chi connectivity index (χ3v) is 1.23. The largest absolute Gasteiger partial charge is 0.445 e. The second-order valence-corrected chi connectivity index (χ2v) is 2.26. The molecule has 0 heterocycles. The first-order valence-electron chi connectivity index (χ1n) is 3.54. The van der Waals surface area contributed by atoms with Gasteiger partial charge in [-0.1, -0.05) is 0 Å². The maximum absolute atomic E-state index is 12.5. The zero-order chi connectivity index (χ0) is 10.6. The summed E-state index contributed by atoms with van der Waals surface area (Å²) in [6.07, 6.45) is -6.79. The molecule has 0 aliphatic rings. The Morgan fingerprint density at radius 3 is 2.08 bits per heavy atom. The van der Waals surface area contributed by atoms with Crippen molar-refractivity contribution >= 4 is 0 Å². The summed E-state index contributed by atoms with van der Waals surface area (Å²) in [5.74, 6) is -4.65. The van der Waals surface area contributed by atoms with Gasteiger partial charge >= 0.3 is 6.18 Å². The van der Waals surface area contributed by atoms with Crippen LogP contribution in [0.15, 0.2) is 11.7 Å². The van der Waals surface area contributed by atoms with Gasteiger partial charge in [0, 0.05) is 6.61 Å². The van der Waals surface area contributed by atoms with Gasteiger partial charge in [0.2, 0.25) is 5.83 Å². The first-order valence-corrected chi connectivity index (χ1v) is 3.54. The Kier molecular flexibility index (Phi) is 4.32. The summed E-state index contributed by atoms with van der Waals surface area (Å²) in [7, 11) is 0. The van der Waals surface area contributed by atoms with Crippen molar-refractivity contribution in [3.05, 3.63) is 11.7 Å². The van der Waals surface area contributed by atoms with Crippen molar-refractivity contribution in [1.82, 2.24) is 0 Å². The summed E-state index contributed by atoms with van der Waals surface area (Å²) >= 11 is 0. The molecule has 0 radical (unpaired) electrons. The number of halogens is 5. The van der Waals surface area contributed by atoms with E-state index >= 15 is 0 Å². The van der Waals surface area contributed by atoms with E-state index < -0.39 is 23.9 Å². The van der Waals surface area contributed by atoms with Gasteiger partial charge in [0.1, 0.15) is 6.10 Å². The van der Waals surface area contributed by atoms with Crippen LogP contribution in [0.25, 0.3) is 0 Å². The number of rotatable bonds is 3. The quantitative estimate of drug-likeness (QED) is 0.641. The Morgan fingerprint density at radius 1 is 1.31 bits per heavy atom. The predicted molar refractivity (Wildman–Crippen MR) is 36.4 cm³/mol. The molecule has 0 amide bonds. The topological polar surface area (TPSA) is 9.23 Å². The van der Waals surface area contributed by atoms with Crippen LogP contribution in [0.4, 0.5) is 22.0 Å². The lowest BCUT2D eigenvalue weighted by molar-refractivity contribution is -0.113. The van der Waals surface area contributed by atoms with Crippen LogP contribution in [0.1, 0.15) is 13.8 Å². The Labute approximate surface area is 72.2 Å². The molecular weight excluding hydrogens is 195 g/mol. The predicted octanol–water partition coefficient (Wildman–Crippen LogP) is 3.12. The van der Waals surface area contributed by atoms with Crippen LogP contribution >= 0.6 is 0 Å². The van der Waals surface area contributed by atoms with Crippen molar-refractivity contribution in [3.8, 4) is 0 Å². The molecule has 0 saturated carbocycles. The molecule has 0 N–H and O–H groups in total. The number of allylic oxidation sites excluding steroid dienone is 1. The highest BCUT2D eigenvalue weighted by Gasteiger charge is 2.39. The van der Waals surface area contributed by atoms with E-state index in [4.69, 9.17) is 0 Å². The zero-order valence-corrected chi connectivity index (χ0v) is 7.08. The summed E-state index contributed by atoms with van der Waals surface area (Å²) in [6, 6.07) is 0. The highest BCUT2D eigenvalue weighted by Crippen LogP contribution is 2.31. The standard InChI is InChI=1S/C7H9F5O/c1-3-13-4(2)5(8)6(9)7(10,11)12/h4H,3H2,1-2H3. The lowest BCUT2D eigenvalue weighted by Crippen LogP contribution is -2.16. The second-order valence-electron chi connectivity index (χ2n) is 2.26. The summed E-state index contributed by atoms with van der Waals surface area (Å²) in [5.41, 5.74) is 0. The summed E-state index contributed by atoms with van der Waals surface area (Å²) < 4.78 is 63.9. The molecule has 0 bridgehead atoms. The maximum atomic E-state index is 12.5. The van der Waals surface area contributed by atoms with Crippen LogP contribution in [0, 0.1) is 0 Å². The number of hydrogen-bond donors (Lipinski definition) is 0. The van der Waals surface area contributed by atoms with Crippen LogP contribution < -0.4 is 0 Å². The average molecular weight is 204 g/mol. The highest BCUT2D eigenvalue weighted by atomic mass is 19.4. The van der Waals surface area contributed by atoms with E-state index in [0.29, 0.717) is 0 Å². The molecule has 1 atom stereocenters. The summed E-state index contributed by atoms with van der Waals surface area (Å²) in [4.78, 5) is 0. The van der Waals surface area contributed by atoms with Crippen molar-refractivity contribution in [2.24, 2.45) is 0 Å². The van der Waals surface area contributed by atoms with Gasteiger partial charge in [-0.15, -0.1) is 0 Å². The molecule has 0 aromatic heterocycles. The third-order valence-electron chi connectivity index (χ3n) is 1.23. The fourth-order valence-electron chi connectivity index (χ4n) is 0.637. The van der Waals surface area contributed by atoms with Crippen molar-refractivity contribution in [1.29, 1.82) is 0 Å². The van der Waals surface area contributed by atoms with Gasteiger partial charge in [0.15, 0.2) is 5.83 Å². The number of alkyl halides is 3. The van der Waals surface area contributed by atoms with Gasteiger partial charge in [-0.25, -0.2) is 4.39 Å². The molecule has 1 nitrogen and oxygen atoms in total. The molecule has 0 aliphatic heterocycles. The minimum atomic E-state index is -5.28. The summed E-state index contributed by atoms with van der Waals surface area (Å²) in [5, 5.41) is 0.